The minimum atomic E-state index is -1.00. The van der Waals surface area contributed by atoms with Crippen LogP contribution in [0, 0.1) is 0 Å². The van der Waals surface area contributed by atoms with Crippen LogP contribution in [0.2, 0.25) is 10.0 Å². The highest BCUT2D eigenvalue weighted by molar-refractivity contribution is 6.35. The van der Waals surface area contributed by atoms with E-state index in [-0.39, 0.29) is 5.69 Å². The quantitative estimate of drug-likeness (QED) is 0.933. The van der Waals surface area contributed by atoms with Crippen LogP contribution in [0.3, 0.4) is 0 Å². The van der Waals surface area contributed by atoms with Crippen LogP contribution in [0.25, 0.3) is 0 Å². The normalized spacial score (nSPS) is 14.9. The topological polar surface area (TPSA) is 58.4 Å². The number of carboxylic acid groups (broad SMARTS) is 1. The SMILES string of the molecule is Cn1cc(CN2CCc3cc(Cl)cc(Cl)c3C2)c(C(=O)O)n1. The van der Waals surface area contributed by atoms with Gasteiger partial charge in [-0.3, -0.25) is 9.58 Å². The van der Waals surface area contributed by atoms with Crippen molar-refractivity contribution in [2.45, 2.75) is 19.5 Å². The van der Waals surface area contributed by atoms with Gasteiger partial charge in [0.2, 0.25) is 0 Å². The van der Waals surface area contributed by atoms with Crippen molar-refractivity contribution in [2.75, 3.05) is 6.54 Å². The van der Waals surface area contributed by atoms with E-state index in [2.05, 4.69) is 10.00 Å². The Labute approximate surface area is 138 Å². The Balaban J connectivity index is 1.83. The summed E-state index contributed by atoms with van der Waals surface area (Å²) in [5.74, 6) is -1.00. The molecule has 2 heterocycles. The van der Waals surface area contributed by atoms with Crippen molar-refractivity contribution in [3.63, 3.8) is 0 Å². The van der Waals surface area contributed by atoms with Crippen molar-refractivity contribution in [3.05, 3.63) is 50.8 Å². The lowest BCUT2D eigenvalue weighted by atomic mass is 9.99. The maximum Gasteiger partial charge on any atom is 0.356 e. The molecule has 1 aromatic carbocycles. The highest BCUT2D eigenvalue weighted by Crippen LogP contribution is 2.30. The Hall–Kier alpha value is -1.56. The number of hydrogen-bond acceptors (Lipinski definition) is 3. The van der Waals surface area contributed by atoms with Crippen molar-refractivity contribution in [3.8, 4) is 0 Å². The van der Waals surface area contributed by atoms with Gasteiger partial charge in [0, 0.05) is 48.5 Å². The van der Waals surface area contributed by atoms with E-state index in [9.17, 15) is 9.90 Å². The fourth-order valence-corrected chi connectivity index (χ4v) is 3.44. The molecule has 1 N–H and O–H groups in total. The molecule has 0 unspecified atom stereocenters. The summed E-state index contributed by atoms with van der Waals surface area (Å²) in [4.78, 5) is 13.4. The zero-order valence-electron chi connectivity index (χ0n) is 12.0. The molecular weight excluding hydrogens is 325 g/mol. The van der Waals surface area contributed by atoms with E-state index in [4.69, 9.17) is 23.2 Å². The summed E-state index contributed by atoms with van der Waals surface area (Å²) in [6.45, 7) is 2.05. The highest BCUT2D eigenvalue weighted by atomic mass is 35.5. The Bertz CT molecular complexity index is 743. The van der Waals surface area contributed by atoms with Gasteiger partial charge in [-0.05, 0) is 29.7 Å². The number of nitrogens with zero attached hydrogens (tertiary/aromatic N) is 3. The van der Waals surface area contributed by atoms with Gasteiger partial charge in [-0.25, -0.2) is 4.79 Å². The Morgan fingerprint density at radius 2 is 2.18 bits per heavy atom. The lowest BCUT2D eigenvalue weighted by Crippen LogP contribution is -2.30. The summed E-state index contributed by atoms with van der Waals surface area (Å²) in [5, 5.41) is 14.5. The van der Waals surface area contributed by atoms with Gasteiger partial charge in [-0.1, -0.05) is 23.2 Å². The van der Waals surface area contributed by atoms with Crippen LogP contribution in [-0.4, -0.2) is 32.3 Å². The second-order valence-corrected chi connectivity index (χ2v) is 6.31. The van der Waals surface area contributed by atoms with Crippen molar-refractivity contribution < 1.29 is 9.90 Å². The van der Waals surface area contributed by atoms with E-state index < -0.39 is 5.97 Å². The molecule has 0 spiro atoms. The molecular formula is C15H15Cl2N3O2. The van der Waals surface area contributed by atoms with E-state index in [1.165, 1.54) is 10.2 Å². The minimum absolute atomic E-state index is 0.107. The first-order valence-electron chi connectivity index (χ1n) is 6.89. The molecule has 0 radical (unpaired) electrons. The molecule has 0 bridgehead atoms. The van der Waals surface area contributed by atoms with Crippen LogP contribution in [0.15, 0.2) is 18.3 Å². The van der Waals surface area contributed by atoms with Gasteiger partial charge in [0.25, 0.3) is 0 Å². The fourth-order valence-electron chi connectivity index (χ4n) is 2.85. The maximum atomic E-state index is 11.2. The molecule has 116 valence electrons. The van der Waals surface area contributed by atoms with Crippen LogP contribution in [0.5, 0.6) is 0 Å². The Morgan fingerprint density at radius 3 is 2.91 bits per heavy atom. The second-order valence-electron chi connectivity index (χ2n) is 5.47. The molecule has 1 aliphatic rings. The van der Waals surface area contributed by atoms with E-state index in [1.807, 2.05) is 6.07 Å². The highest BCUT2D eigenvalue weighted by Gasteiger charge is 2.22. The molecule has 0 aliphatic carbocycles. The van der Waals surface area contributed by atoms with Crippen LogP contribution in [0.1, 0.15) is 27.2 Å². The van der Waals surface area contributed by atoms with Gasteiger partial charge in [0.05, 0.1) is 0 Å². The molecule has 3 rings (SSSR count). The van der Waals surface area contributed by atoms with Gasteiger partial charge in [-0.2, -0.15) is 5.10 Å². The van der Waals surface area contributed by atoms with Gasteiger partial charge in [0.1, 0.15) is 0 Å². The summed E-state index contributed by atoms with van der Waals surface area (Å²) < 4.78 is 1.53. The molecule has 2 aromatic rings. The van der Waals surface area contributed by atoms with Crippen molar-refractivity contribution in [1.29, 1.82) is 0 Å². The first-order valence-corrected chi connectivity index (χ1v) is 7.64. The molecule has 22 heavy (non-hydrogen) atoms. The third-order valence-electron chi connectivity index (χ3n) is 3.83. The van der Waals surface area contributed by atoms with Crippen LogP contribution >= 0.6 is 23.2 Å². The molecule has 0 saturated carbocycles. The monoisotopic (exact) mass is 339 g/mol. The van der Waals surface area contributed by atoms with E-state index >= 15 is 0 Å². The van der Waals surface area contributed by atoms with Crippen molar-refractivity contribution in [1.82, 2.24) is 14.7 Å². The molecule has 0 fully saturated rings. The summed E-state index contributed by atoms with van der Waals surface area (Å²) in [6, 6.07) is 3.70. The number of aromatic carboxylic acids is 1. The average molecular weight is 340 g/mol. The third-order valence-corrected chi connectivity index (χ3v) is 4.39. The van der Waals surface area contributed by atoms with Gasteiger partial charge >= 0.3 is 5.97 Å². The summed E-state index contributed by atoms with van der Waals surface area (Å²) in [6.07, 6.45) is 2.60. The predicted octanol–water partition coefficient (Wildman–Crippen LogP) is 2.98. The maximum absolute atomic E-state index is 11.2. The molecule has 1 aromatic heterocycles. The summed E-state index contributed by atoms with van der Waals surface area (Å²) >= 11 is 12.3. The predicted molar refractivity (Wildman–Crippen MR) is 84.4 cm³/mol. The molecule has 7 heteroatoms. The Morgan fingerprint density at radius 1 is 1.41 bits per heavy atom. The number of carboxylic acids is 1. The third kappa shape index (κ3) is 2.97. The second kappa shape index (κ2) is 5.91. The Kier molecular flexibility index (Phi) is 4.12. The van der Waals surface area contributed by atoms with E-state index in [0.717, 1.165) is 18.5 Å². The van der Waals surface area contributed by atoms with E-state index in [1.54, 1.807) is 19.3 Å². The van der Waals surface area contributed by atoms with Crippen LogP contribution in [-0.2, 0) is 26.6 Å². The van der Waals surface area contributed by atoms with Crippen molar-refractivity contribution >= 4 is 29.2 Å². The zero-order valence-corrected chi connectivity index (χ0v) is 13.5. The van der Waals surface area contributed by atoms with Gasteiger partial charge in [-0.15, -0.1) is 0 Å². The smallest absolute Gasteiger partial charge is 0.356 e. The zero-order chi connectivity index (χ0) is 15.9. The van der Waals surface area contributed by atoms with E-state index in [0.29, 0.717) is 28.7 Å². The molecule has 0 amide bonds. The lowest BCUT2D eigenvalue weighted by molar-refractivity contribution is 0.0687. The molecule has 0 saturated heterocycles. The fraction of sp³-hybridized carbons (Fsp3) is 0.333. The summed E-state index contributed by atoms with van der Waals surface area (Å²) in [5.41, 5.74) is 3.05. The number of fused-ring (bicyclic) bond motifs is 1. The van der Waals surface area contributed by atoms with Gasteiger partial charge in [0.15, 0.2) is 5.69 Å². The standard InChI is InChI=1S/C15H15Cl2N3O2/c1-19-6-10(14(18-19)15(21)22)7-20-3-2-9-4-11(16)5-13(17)12(9)8-20/h4-6H,2-3,7-8H2,1H3,(H,21,22). The minimum Gasteiger partial charge on any atom is -0.476 e. The number of carbonyl (C=O) groups is 1. The van der Waals surface area contributed by atoms with Crippen molar-refractivity contribution in [2.24, 2.45) is 7.05 Å². The van der Waals surface area contributed by atoms with Crippen LogP contribution < -0.4 is 0 Å². The first-order chi connectivity index (χ1) is 10.4. The molecule has 1 aliphatic heterocycles. The molecule has 5 nitrogen and oxygen atoms in total. The average Bonchev–Trinajstić information content (AvgIpc) is 2.80. The summed E-state index contributed by atoms with van der Waals surface area (Å²) in [7, 11) is 1.72. The van der Waals surface area contributed by atoms with Gasteiger partial charge < -0.3 is 5.11 Å². The number of rotatable bonds is 3. The number of hydrogen-bond donors (Lipinski definition) is 1. The lowest BCUT2D eigenvalue weighted by Gasteiger charge is -2.29. The number of benzene rings is 1. The first kappa shape index (κ1) is 15.3. The molecule has 0 atom stereocenters. The number of halogens is 2. The number of aromatic nitrogens is 2. The number of aryl methyl sites for hydroxylation is 1. The largest absolute Gasteiger partial charge is 0.476 e. The van der Waals surface area contributed by atoms with Crippen LogP contribution in [0.4, 0.5) is 0 Å².